The first-order valence-electron chi connectivity index (χ1n) is 11.6. The van der Waals surface area contributed by atoms with Gasteiger partial charge < -0.3 is 29.0 Å². The molecule has 2 aromatic rings. The third-order valence-corrected chi connectivity index (χ3v) is 6.97. The van der Waals surface area contributed by atoms with Crippen molar-refractivity contribution in [2.45, 2.75) is 51.4 Å². The summed E-state index contributed by atoms with van der Waals surface area (Å²) in [6.07, 6.45) is -0.656. The molecule has 2 aliphatic rings. The molecular formula is C25H29BF2N2O6. The minimum absolute atomic E-state index is 0.0246. The number of anilines is 1. The molecule has 2 heterocycles. The summed E-state index contributed by atoms with van der Waals surface area (Å²) in [5.74, 6) is -1.90. The molecule has 2 amide bonds. The van der Waals surface area contributed by atoms with Crippen LogP contribution in [0, 0.1) is 11.6 Å². The Morgan fingerprint density at radius 3 is 2.22 bits per heavy atom. The van der Waals surface area contributed by atoms with E-state index in [9.17, 15) is 18.4 Å². The Bertz CT molecular complexity index is 1170. The first-order chi connectivity index (χ1) is 16.8. The fraction of sp³-hybridized carbons (Fsp3) is 0.440. The van der Waals surface area contributed by atoms with Crippen LogP contribution in [0.15, 0.2) is 36.4 Å². The van der Waals surface area contributed by atoms with E-state index in [2.05, 4.69) is 10.1 Å². The van der Waals surface area contributed by atoms with E-state index in [0.717, 1.165) is 18.2 Å². The van der Waals surface area contributed by atoms with Gasteiger partial charge in [-0.2, -0.15) is 0 Å². The van der Waals surface area contributed by atoms with Crippen LogP contribution < -0.4 is 20.4 Å². The van der Waals surface area contributed by atoms with Crippen LogP contribution in [0.4, 0.5) is 19.3 Å². The normalized spacial score (nSPS) is 22.2. The van der Waals surface area contributed by atoms with Gasteiger partial charge in [0.05, 0.1) is 24.0 Å². The van der Waals surface area contributed by atoms with Gasteiger partial charge in [-0.05, 0) is 64.3 Å². The van der Waals surface area contributed by atoms with Gasteiger partial charge in [0.15, 0.2) is 0 Å². The zero-order chi connectivity index (χ0) is 26.5. The molecule has 0 bridgehead atoms. The second-order valence-electron chi connectivity index (χ2n) is 9.98. The van der Waals surface area contributed by atoms with E-state index in [1.807, 2.05) is 27.7 Å². The summed E-state index contributed by atoms with van der Waals surface area (Å²) in [6, 6.07) is 8.00. The number of hydrogen-bond acceptors (Lipinski definition) is 6. The number of ether oxygens (including phenoxy) is 2. The van der Waals surface area contributed by atoms with Crippen molar-refractivity contribution in [1.82, 2.24) is 5.32 Å². The zero-order valence-corrected chi connectivity index (χ0v) is 21.1. The van der Waals surface area contributed by atoms with Crippen LogP contribution in [0.1, 0.15) is 40.2 Å². The number of nitrogens with zero attached hydrogens (tertiary/aromatic N) is 1. The summed E-state index contributed by atoms with van der Waals surface area (Å²) < 4.78 is 51.1. The highest BCUT2D eigenvalue weighted by Gasteiger charge is 2.52. The van der Waals surface area contributed by atoms with Gasteiger partial charge in [0, 0.05) is 24.7 Å². The maximum atomic E-state index is 14.0. The number of benzene rings is 2. The Hall–Kier alpha value is -3.18. The summed E-state index contributed by atoms with van der Waals surface area (Å²) in [5, 5.41) is 2.54. The van der Waals surface area contributed by atoms with E-state index in [-0.39, 0.29) is 18.7 Å². The molecule has 2 aliphatic heterocycles. The molecule has 0 spiro atoms. The van der Waals surface area contributed by atoms with E-state index in [0.29, 0.717) is 16.9 Å². The summed E-state index contributed by atoms with van der Waals surface area (Å²) >= 11 is 0. The molecule has 1 atom stereocenters. The topological polar surface area (TPSA) is 86.3 Å². The van der Waals surface area contributed by atoms with E-state index < -0.39 is 47.6 Å². The molecule has 1 N–H and O–H groups in total. The van der Waals surface area contributed by atoms with Crippen molar-refractivity contribution in [3.8, 4) is 5.75 Å². The standard InChI is InChI=1S/C25H29BF2N2O6/c1-23(2)24(3,4)36-26(35-23)16-7-8-20-19(13-16)30(10-9-29-22(32)33-6)21(31)25(5,34-20)15-11-17(27)14-18(28)12-15/h7-8,11-14H,9-10H2,1-6H3,(H,29,32). The van der Waals surface area contributed by atoms with Crippen molar-refractivity contribution in [3.63, 3.8) is 0 Å². The van der Waals surface area contributed by atoms with Gasteiger partial charge in [-0.1, -0.05) is 6.07 Å². The number of amides is 2. The van der Waals surface area contributed by atoms with Crippen LogP contribution in [-0.2, 0) is 24.4 Å². The van der Waals surface area contributed by atoms with E-state index in [1.165, 1.54) is 18.9 Å². The third-order valence-electron chi connectivity index (χ3n) is 6.97. The highest BCUT2D eigenvalue weighted by Crippen LogP contribution is 2.43. The van der Waals surface area contributed by atoms with Crippen LogP contribution >= 0.6 is 0 Å². The van der Waals surface area contributed by atoms with Gasteiger partial charge in [-0.25, -0.2) is 13.6 Å². The average Bonchev–Trinajstić information content (AvgIpc) is 3.02. The molecule has 0 aromatic heterocycles. The molecular weight excluding hydrogens is 473 g/mol. The van der Waals surface area contributed by atoms with E-state index in [4.69, 9.17) is 14.0 Å². The fourth-order valence-corrected chi connectivity index (χ4v) is 4.16. The molecule has 36 heavy (non-hydrogen) atoms. The van der Waals surface area contributed by atoms with Crippen molar-refractivity contribution in [3.05, 3.63) is 53.6 Å². The molecule has 1 unspecified atom stereocenters. The van der Waals surface area contributed by atoms with Crippen LogP contribution in [0.2, 0.25) is 0 Å². The molecule has 1 fully saturated rings. The molecule has 2 aromatic carbocycles. The molecule has 192 valence electrons. The predicted molar refractivity (Wildman–Crippen MR) is 129 cm³/mol. The fourth-order valence-electron chi connectivity index (χ4n) is 4.16. The quantitative estimate of drug-likeness (QED) is 0.632. The Morgan fingerprint density at radius 2 is 1.64 bits per heavy atom. The number of halogens is 2. The SMILES string of the molecule is COC(=O)NCCN1C(=O)C(C)(c2cc(F)cc(F)c2)Oc2ccc(B3OC(C)(C)C(C)(C)O3)cc21. The van der Waals surface area contributed by atoms with E-state index in [1.54, 1.807) is 18.2 Å². The minimum atomic E-state index is -1.72. The molecule has 0 radical (unpaired) electrons. The number of methoxy groups -OCH3 is 1. The number of fused-ring (bicyclic) bond motifs is 1. The first-order valence-corrected chi connectivity index (χ1v) is 11.6. The number of alkyl carbamates (subject to hydrolysis) is 1. The van der Waals surface area contributed by atoms with Crippen molar-refractivity contribution in [2.24, 2.45) is 0 Å². The van der Waals surface area contributed by atoms with Gasteiger partial charge in [0.1, 0.15) is 17.4 Å². The molecule has 0 aliphatic carbocycles. The minimum Gasteiger partial charge on any atom is -0.471 e. The van der Waals surface area contributed by atoms with Crippen LogP contribution in [-0.4, -0.2) is 50.5 Å². The summed E-state index contributed by atoms with van der Waals surface area (Å²) in [4.78, 5) is 26.8. The number of carbonyl (C=O) groups is 2. The molecule has 11 heteroatoms. The number of carbonyl (C=O) groups excluding carboxylic acids is 2. The molecule has 8 nitrogen and oxygen atoms in total. The number of hydrogen-bond donors (Lipinski definition) is 1. The first kappa shape index (κ1) is 25.9. The largest absolute Gasteiger partial charge is 0.494 e. The van der Waals surface area contributed by atoms with Crippen molar-refractivity contribution in [1.29, 1.82) is 0 Å². The predicted octanol–water partition coefficient (Wildman–Crippen LogP) is 3.26. The zero-order valence-electron chi connectivity index (χ0n) is 21.1. The maximum absolute atomic E-state index is 14.0. The number of nitrogens with one attached hydrogen (secondary N) is 1. The Balaban J connectivity index is 1.74. The Morgan fingerprint density at radius 1 is 1.03 bits per heavy atom. The summed E-state index contributed by atoms with van der Waals surface area (Å²) in [7, 11) is 0.549. The Kier molecular flexibility index (Phi) is 6.51. The lowest BCUT2D eigenvalue weighted by Crippen LogP contribution is -2.54. The number of rotatable bonds is 5. The van der Waals surface area contributed by atoms with Crippen LogP contribution in [0.3, 0.4) is 0 Å². The highest BCUT2D eigenvalue weighted by molar-refractivity contribution is 6.62. The van der Waals surface area contributed by atoms with Gasteiger partial charge in [-0.15, -0.1) is 0 Å². The second kappa shape index (κ2) is 9.04. The monoisotopic (exact) mass is 502 g/mol. The smallest absolute Gasteiger partial charge is 0.471 e. The molecule has 4 rings (SSSR count). The lowest BCUT2D eigenvalue weighted by atomic mass is 9.78. The van der Waals surface area contributed by atoms with Crippen LogP contribution in [0.5, 0.6) is 5.75 Å². The van der Waals surface area contributed by atoms with Crippen molar-refractivity contribution >= 4 is 30.3 Å². The van der Waals surface area contributed by atoms with Gasteiger partial charge in [-0.3, -0.25) is 4.79 Å². The maximum Gasteiger partial charge on any atom is 0.494 e. The lowest BCUT2D eigenvalue weighted by Gasteiger charge is -2.41. The van der Waals surface area contributed by atoms with Gasteiger partial charge >= 0.3 is 13.2 Å². The van der Waals surface area contributed by atoms with Gasteiger partial charge in [0.25, 0.3) is 5.91 Å². The van der Waals surface area contributed by atoms with Gasteiger partial charge in [0.2, 0.25) is 5.60 Å². The van der Waals surface area contributed by atoms with Crippen LogP contribution in [0.25, 0.3) is 0 Å². The summed E-state index contributed by atoms with van der Waals surface area (Å²) in [5.41, 5.74) is -1.75. The van der Waals surface area contributed by atoms with E-state index >= 15 is 0 Å². The summed E-state index contributed by atoms with van der Waals surface area (Å²) in [6.45, 7) is 9.31. The average molecular weight is 502 g/mol. The van der Waals surface area contributed by atoms with Crippen molar-refractivity contribution < 1.29 is 37.2 Å². The Labute approximate surface area is 209 Å². The van der Waals surface area contributed by atoms with Crippen molar-refractivity contribution in [2.75, 3.05) is 25.1 Å². The molecule has 1 saturated heterocycles. The lowest BCUT2D eigenvalue weighted by molar-refractivity contribution is -0.135. The second-order valence-corrected chi connectivity index (χ2v) is 9.98. The third kappa shape index (κ3) is 4.53. The molecule has 0 saturated carbocycles. The highest BCUT2D eigenvalue weighted by atomic mass is 19.1.